The standard InChI is InChI=1S/C23H24ClN3O2S/c1-16-6-5-11-26(13-16)21(28)15-30-23-25-20-10-3-2-9-19(20)22(29)27(23)14-17-7-4-8-18(24)12-17/h2-4,7-10,12,16H,5-6,11,13-15H2,1H3. The lowest BCUT2D eigenvalue weighted by molar-refractivity contribution is -0.130. The molecule has 0 aliphatic carbocycles. The highest BCUT2D eigenvalue weighted by molar-refractivity contribution is 7.99. The van der Waals surface area contributed by atoms with Crippen molar-refractivity contribution in [3.05, 3.63) is 69.5 Å². The van der Waals surface area contributed by atoms with E-state index in [1.54, 1.807) is 16.7 Å². The van der Waals surface area contributed by atoms with Crippen molar-refractivity contribution in [2.24, 2.45) is 5.92 Å². The van der Waals surface area contributed by atoms with Crippen LogP contribution < -0.4 is 5.56 Å². The molecule has 4 rings (SSSR count). The van der Waals surface area contributed by atoms with Crippen LogP contribution >= 0.6 is 23.4 Å². The molecule has 3 aromatic rings. The first-order valence-electron chi connectivity index (χ1n) is 10.2. The molecular formula is C23H24ClN3O2S. The smallest absolute Gasteiger partial charge is 0.262 e. The number of rotatable bonds is 5. The normalized spacial score (nSPS) is 16.7. The first-order valence-corrected chi connectivity index (χ1v) is 11.5. The van der Waals surface area contributed by atoms with Crippen LogP contribution in [-0.2, 0) is 11.3 Å². The van der Waals surface area contributed by atoms with Crippen LogP contribution in [0.1, 0.15) is 25.3 Å². The van der Waals surface area contributed by atoms with Crippen molar-refractivity contribution >= 4 is 40.2 Å². The fraction of sp³-hybridized carbons (Fsp3) is 0.348. The summed E-state index contributed by atoms with van der Waals surface area (Å²) >= 11 is 7.46. The SMILES string of the molecule is CC1CCCN(C(=O)CSc2nc3ccccc3c(=O)n2Cc2cccc(Cl)c2)C1. The number of likely N-dealkylation sites (tertiary alicyclic amines) is 1. The van der Waals surface area contributed by atoms with Crippen molar-refractivity contribution in [3.63, 3.8) is 0 Å². The lowest BCUT2D eigenvalue weighted by Gasteiger charge is -2.30. The molecule has 1 fully saturated rings. The molecule has 1 unspecified atom stereocenters. The van der Waals surface area contributed by atoms with Crippen LogP contribution in [0.15, 0.2) is 58.5 Å². The van der Waals surface area contributed by atoms with E-state index < -0.39 is 0 Å². The molecule has 0 bridgehead atoms. The Labute approximate surface area is 185 Å². The largest absolute Gasteiger partial charge is 0.342 e. The molecule has 0 N–H and O–H groups in total. The van der Waals surface area contributed by atoms with E-state index in [2.05, 4.69) is 6.92 Å². The number of amides is 1. The number of hydrogen-bond acceptors (Lipinski definition) is 4. The first kappa shape index (κ1) is 20.9. The monoisotopic (exact) mass is 441 g/mol. The fourth-order valence-electron chi connectivity index (χ4n) is 3.85. The number of aromatic nitrogens is 2. The van der Waals surface area contributed by atoms with Gasteiger partial charge in [-0.25, -0.2) is 4.98 Å². The molecule has 0 saturated carbocycles. The van der Waals surface area contributed by atoms with Crippen molar-refractivity contribution in [2.75, 3.05) is 18.8 Å². The van der Waals surface area contributed by atoms with E-state index in [4.69, 9.17) is 16.6 Å². The maximum atomic E-state index is 13.2. The number of nitrogens with zero attached hydrogens (tertiary/aromatic N) is 3. The van der Waals surface area contributed by atoms with Gasteiger partial charge in [0.15, 0.2) is 5.16 Å². The van der Waals surface area contributed by atoms with Gasteiger partial charge in [0.05, 0.1) is 23.2 Å². The number of carbonyl (C=O) groups excluding carboxylic acids is 1. The predicted octanol–water partition coefficient (Wildman–Crippen LogP) is 4.45. The second-order valence-corrected chi connectivity index (χ2v) is 9.19. The number of halogens is 1. The van der Waals surface area contributed by atoms with Crippen molar-refractivity contribution < 1.29 is 4.79 Å². The zero-order chi connectivity index (χ0) is 21.1. The highest BCUT2D eigenvalue weighted by atomic mass is 35.5. The molecule has 0 spiro atoms. The number of piperidine rings is 1. The summed E-state index contributed by atoms with van der Waals surface area (Å²) in [6, 6.07) is 14.8. The second kappa shape index (κ2) is 9.23. The van der Waals surface area contributed by atoms with Gasteiger partial charge in [-0.2, -0.15) is 0 Å². The molecule has 1 atom stereocenters. The van der Waals surface area contributed by atoms with E-state index in [9.17, 15) is 9.59 Å². The molecule has 1 aliphatic rings. The van der Waals surface area contributed by atoms with Gasteiger partial charge < -0.3 is 4.90 Å². The summed E-state index contributed by atoms with van der Waals surface area (Å²) in [4.78, 5) is 32.6. The third-order valence-corrected chi connectivity index (χ3v) is 6.59. The summed E-state index contributed by atoms with van der Waals surface area (Å²) in [6.45, 7) is 4.15. The highest BCUT2D eigenvalue weighted by Gasteiger charge is 2.22. The van der Waals surface area contributed by atoms with Crippen LogP contribution in [0.2, 0.25) is 5.02 Å². The molecule has 156 valence electrons. The second-order valence-electron chi connectivity index (χ2n) is 7.81. The summed E-state index contributed by atoms with van der Waals surface area (Å²) in [7, 11) is 0. The van der Waals surface area contributed by atoms with E-state index in [-0.39, 0.29) is 17.2 Å². The number of carbonyl (C=O) groups is 1. The molecule has 1 aliphatic heterocycles. The van der Waals surface area contributed by atoms with E-state index in [0.717, 1.165) is 25.1 Å². The van der Waals surface area contributed by atoms with Crippen LogP contribution in [0.5, 0.6) is 0 Å². The predicted molar refractivity (Wildman–Crippen MR) is 122 cm³/mol. The van der Waals surface area contributed by atoms with Gasteiger partial charge in [-0.15, -0.1) is 0 Å². The Morgan fingerprint density at radius 2 is 2.07 bits per heavy atom. The Morgan fingerprint density at radius 1 is 1.23 bits per heavy atom. The van der Waals surface area contributed by atoms with Gasteiger partial charge in [0, 0.05) is 18.1 Å². The molecule has 1 saturated heterocycles. The van der Waals surface area contributed by atoms with E-state index in [1.165, 1.54) is 18.2 Å². The zero-order valence-electron chi connectivity index (χ0n) is 16.9. The maximum absolute atomic E-state index is 13.2. The summed E-state index contributed by atoms with van der Waals surface area (Å²) < 4.78 is 1.64. The van der Waals surface area contributed by atoms with Gasteiger partial charge in [-0.3, -0.25) is 14.2 Å². The average molecular weight is 442 g/mol. The minimum absolute atomic E-state index is 0.100. The molecular weight excluding hydrogens is 418 g/mol. The van der Waals surface area contributed by atoms with Gasteiger partial charge >= 0.3 is 0 Å². The number of para-hydroxylation sites is 1. The van der Waals surface area contributed by atoms with Gasteiger partial charge in [0.25, 0.3) is 5.56 Å². The summed E-state index contributed by atoms with van der Waals surface area (Å²) in [5.41, 5.74) is 1.45. The van der Waals surface area contributed by atoms with Crippen molar-refractivity contribution in [3.8, 4) is 0 Å². The highest BCUT2D eigenvalue weighted by Crippen LogP contribution is 2.22. The summed E-state index contributed by atoms with van der Waals surface area (Å²) in [5, 5.41) is 1.75. The molecule has 0 radical (unpaired) electrons. The van der Waals surface area contributed by atoms with Crippen molar-refractivity contribution in [2.45, 2.75) is 31.5 Å². The molecule has 7 heteroatoms. The topological polar surface area (TPSA) is 55.2 Å². The van der Waals surface area contributed by atoms with Crippen LogP contribution in [0.25, 0.3) is 10.9 Å². The number of hydrogen-bond donors (Lipinski definition) is 0. The molecule has 2 heterocycles. The molecule has 1 amide bonds. The van der Waals surface area contributed by atoms with Crippen molar-refractivity contribution in [1.29, 1.82) is 0 Å². The van der Waals surface area contributed by atoms with Gasteiger partial charge in [0.1, 0.15) is 0 Å². The summed E-state index contributed by atoms with van der Waals surface area (Å²) in [6.07, 6.45) is 2.22. The third-order valence-electron chi connectivity index (χ3n) is 5.39. The van der Waals surface area contributed by atoms with Crippen molar-refractivity contribution in [1.82, 2.24) is 14.5 Å². The van der Waals surface area contributed by atoms with E-state index in [1.807, 2.05) is 41.3 Å². The fourth-order valence-corrected chi connectivity index (χ4v) is 4.96. The van der Waals surface area contributed by atoms with Crippen LogP contribution in [0.4, 0.5) is 0 Å². The Kier molecular flexibility index (Phi) is 6.44. The van der Waals surface area contributed by atoms with Gasteiger partial charge in [-0.1, -0.05) is 54.6 Å². The number of fused-ring (bicyclic) bond motifs is 1. The molecule has 1 aromatic heterocycles. The molecule has 5 nitrogen and oxygen atoms in total. The first-order chi connectivity index (χ1) is 14.5. The van der Waals surface area contributed by atoms with E-state index >= 15 is 0 Å². The third kappa shape index (κ3) is 4.71. The van der Waals surface area contributed by atoms with Crippen LogP contribution in [-0.4, -0.2) is 39.2 Å². The summed E-state index contributed by atoms with van der Waals surface area (Å²) in [5.74, 6) is 0.906. The quantitative estimate of drug-likeness (QED) is 0.433. The Morgan fingerprint density at radius 3 is 2.87 bits per heavy atom. The Hall–Kier alpha value is -2.31. The maximum Gasteiger partial charge on any atom is 0.262 e. The van der Waals surface area contributed by atoms with Crippen LogP contribution in [0, 0.1) is 5.92 Å². The lowest BCUT2D eigenvalue weighted by atomic mass is 10.0. The zero-order valence-corrected chi connectivity index (χ0v) is 18.5. The Bertz CT molecular complexity index is 1130. The van der Waals surface area contributed by atoms with Gasteiger partial charge in [-0.05, 0) is 48.6 Å². The number of thioether (sulfide) groups is 1. The minimum atomic E-state index is -0.109. The van der Waals surface area contributed by atoms with Gasteiger partial charge in [0.2, 0.25) is 5.91 Å². The lowest BCUT2D eigenvalue weighted by Crippen LogP contribution is -2.40. The molecule has 2 aromatic carbocycles. The average Bonchev–Trinajstić information content (AvgIpc) is 2.74. The van der Waals surface area contributed by atoms with E-state index in [0.29, 0.717) is 33.5 Å². The van der Waals surface area contributed by atoms with Crippen LogP contribution in [0.3, 0.4) is 0 Å². The minimum Gasteiger partial charge on any atom is -0.342 e. The Balaban J connectivity index is 1.63. The molecule has 30 heavy (non-hydrogen) atoms. The number of benzene rings is 2.